The molecule has 138 valence electrons. The lowest BCUT2D eigenvalue weighted by Crippen LogP contribution is -2.50. The first kappa shape index (κ1) is 17.1. The van der Waals surface area contributed by atoms with Crippen molar-refractivity contribution in [3.8, 4) is 5.75 Å². The van der Waals surface area contributed by atoms with Gasteiger partial charge in [-0.25, -0.2) is 0 Å². The molecule has 3 heterocycles. The topological polar surface area (TPSA) is 59.8 Å². The molecule has 0 bridgehead atoms. The quantitative estimate of drug-likeness (QED) is 0.823. The number of aromatic nitrogens is 2. The summed E-state index contributed by atoms with van der Waals surface area (Å²) in [6, 6.07) is 7.54. The number of amides is 1. The third kappa shape index (κ3) is 3.32. The zero-order valence-corrected chi connectivity index (χ0v) is 15.2. The maximum atomic E-state index is 12.9. The lowest BCUT2D eigenvalue weighted by atomic mass is 10.1. The van der Waals surface area contributed by atoms with E-state index in [1.165, 1.54) is 5.56 Å². The van der Waals surface area contributed by atoms with E-state index in [0.29, 0.717) is 31.0 Å². The minimum atomic E-state index is 0.0308. The van der Waals surface area contributed by atoms with Gasteiger partial charge in [0.15, 0.2) is 0 Å². The molecule has 2 atom stereocenters. The molecular formula is C19H24N4O3. The van der Waals surface area contributed by atoms with Crippen molar-refractivity contribution in [2.24, 2.45) is 7.05 Å². The normalized spacial score (nSPS) is 23.1. The van der Waals surface area contributed by atoms with E-state index in [1.54, 1.807) is 13.2 Å². The standard InChI is InChI=1S/C19H24N4O3/c1-21-10-14(9-20-21)11-22-6-7-26-18-13-23(12-17(18)22)19(24)15-4-3-5-16(8-15)25-2/h3-5,8-10,17-18H,6-7,11-13H2,1-2H3/t17-,18+/m0/s1. The van der Waals surface area contributed by atoms with Crippen molar-refractivity contribution in [3.05, 3.63) is 47.8 Å². The Bertz CT molecular complexity index is 791. The second kappa shape index (κ2) is 7.09. The van der Waals surface area contributed by atoms with Gasteiger partial charge in [0.2, 0.25) is 0 Å². The maximum Gasteiger partial charge on any atom is 0.254 e. The average molecular weight is 356 g/mol. The van der Waals surface area contributed by atoms with Gasteiger partial charge in [-0.3, -0.25) is 14.4 Å². The van der Waals surface area contributed by atoms with Crippen molar-refractivity contribution in [2.45, 2.75) is 18.7 Å². The Morgan fingerprint density at radius 3 is 3.04 bits per heavy atom. The third-order valence-electron chi connectivity index (χ3n) is 5.16. The van der Waals surface area contributed by atoms with Gasteiger partial charge in [-0.1, -0.05) is 6.07 Å². The molecule has 1 aromatic carbocycles. The molecule has 2 aliphatic heterocycles. The number of nitrogens with zero attached hydrogens (tertiary/aromatic N) is 4. The van der Waals surface area contributed by atoms with Gasteiger partial charge in [0.1, 0.15) is 5.75 Å². The fraction of sp³-hybridized carbons (Fsp3) is 0.474. The summed E-state index contributed by atoms with van der Waals surface area (Å²) < 4.78 is 13.0. The van der Waals surface area contributed by atoms with Gasteiger partial charge in [-0.2, -0.15) is 5.10 Å². The number of carbonyl (C=O) groups is 1. The van der Waals surface area contributed by atoms with Crippen LogP contribution in [0.1, 0.15) is 15.9 Å². The van der Waals surface area contributed by atoms with Crippen LogP contribution in [-0.2, 0) is 18.3 Å². The number of rotatable bonds is 4. The number of likely N-dealkylation sites (tertiary alicyclic amines) is 1. The molecule has 0 spiro atoms. The molecule has 2 saturated heterocycles. The Balaban J connectivity index is 1.47. The Morgan fingerprint density at radius 1 is 1.38 bits per heavy atom. The van der Waals surface area contributed by atoms with Crippen LogP contribution in [-0.4, -0.2) is 71.0 Å². The largest absolute Gasteiger partial charge is 0.497 e. The van der Waals surface area contributed by atoms with Crippen LogP contribution in [0.15, 0.2) is 36.7 Å². The molecule has 2 aromatic rings. The van der Waals surface area contributed by atoms with Crippen LogP contribution in [0.3, 0.4) is 0 Å². The zero-order valence-electron chi connectivity index (χ0n) is 15.2. The highest BCUT2D eigenvalue weighted by Crippen LogP contribution is 2.26. The first-order valence-electron chi connectivity index (χ1n) is 8.90. The predicted molar refractivity (Wildman–Crippen MR) is 96.0 cm³/mol. The highest BCUT2D eigenvalue weighted by atomic mass is 16.5. The lowest BCUT2D eigenvalue weighted by molar-refractivity contribution is -0.0503. The number of methoxy groups -OCH3 is 1. The van der Waals surface area contributed by atoms with Gasteiger partial charge in [0.05, 0.1) is 32.1 Å². The van der Waals surface area contributed by atoms with Gasteiger partial charge in [0.25, 0.3) is 5.91 Å². The second-order valence-electron chi connectivity index (χ2n) is 6.91. The molecule has 2 fully saturated rings. The number of benzene rings is 1. The summed E-state index contributed by atoms with van der Waals surface area (Å²) in [5, 5.41) is 4.25. The van der Waals surface area contributed by atoms with E-state index in [1.807, 2.05) is 47.2 Å². The fourth-order valence-electron chi connectivity index (χ4n) is 3.85. The van der Waals surface area contributed by atoms with E-state index >= 15 is 0 Å². The SMILES string of the molecule is COc1cccc(C(=O)N2C[C@H]3OCCN(Cc4cnn(C)c4)[C@H]3C2)c1. The molecule has 0 aliphatic carbocycles. The predicted octanol–water partition coefficient (Wildman–Crippen LogP) is 1.15. The molecule has 7 heteroatoms. The molecular weight excluding hydrogens is 332 g/mol. The Hall–Kier alpha value is -2.38. The summed E-state index contributed by atoms with van der Waals surface area (Å²) in [5.74, 6) is 0.727. The van der Waals surface area contributed by atoms with E-state index in [4.69, 9.17) is 9.47 Å². The van der Waals surface area contributed by atoms with Crippen molar-refractivity contribution < 1.29 is 14.3 Å². The summed E-state index contributed by atoms with van der Waals surface area (Å²) in [7, 11) is 3.54. The number of morpholine rings is 1. The third-order valence-corrected chi connectivity index (χ3v) is 5.16. The number of hydrogen-bond acceptors (Lipinski definition) is 5. The van der Waals surface area contributed by atoms with E-state index in [-0.39, 0.29) is 18.1 Å². The Labute approximate surface area is 153 Å². The highest BCUT2D eigenvalue weighted by molar-refractivity contribution is 5.94. The van der Waals surface area contributed by atoms with Crippen molar-refractivity contribution in [1.29, 1.82) is 0 Å². The maximum absolute atomic E-state index is 12.9. The molecule has 0 N–H and O–H groups in total. The first-order chi connectivity index (χ1) is 12.6. The van der Waals surface area contributed by atoms with Gasteiger partial charge >= 0.3 is 0 Å². The van der Waals surface area contributed by atoms with Gasteiger partial charge in [-0.05, 0) is 18.2 Å². The lowest BCUT2D eigenvalue weighted by Gasteiger charge is -2.36. The van der Waals surface area contributed by atoms with Crippen LogP contribution in [0.25, 0.3) is 0 Å². The summed E-state index contributed by atoms with van der Waals surface area (Å²) in [5.41, 5.74) is 1.84. The van der Waals surface area contributed by atoms with Crippen molar-refractivity contribution >= 4 is 5.91 Å². The molecule has 2 aliphatic rings. The van der Waals surface area contributed by atoms with Gasteiger partial charge in [-0.15, -0.1) is 0 Å². The molecule has 0 saturated carbocycles. The second-order valence-corrected chi connectivity index (χ2v) is 6.91. The van der Waals surface area contributed by atoms with Crippen LogP contribution in [0.5, 0.6) is 5.75 Å². The summed E-state index contributed by atoms with van der Waals surface area (Å²) in [6.45, 7) is 3.71. The van der Waals surface area contributed by atoms with Gasteiger partial charge < -0.3 is 14.4 Å². The van der Waals surface area contributed by atoms with Crippen molar-refractivity contribution in [2.75, 3.05) is 33.4 Å². The molecule has 1 aromatic heterocycles. The van der Waals surface area contributed by atoms with Crippen molar-refractivity contribution in [1.82, 2.24) is 19.6 Å². The minimum absolute atomic E-state index is 0.0308. The Kier molecular flexibility index (Phi) is 4.65. The smallest absolute Gasteiger partial charge is 0.254 e. The average Bonchev–Trinajstić information content (AvgIpc) is 3.28. The minimum Gasteiger partial charge on any atom is -0.497 e. The van der Waals surface area contributed by atoms with E-state index in [9.17, 15) is 4.79 Å². The monoisotopic (exact) mass is 356 g/mol. The molecule has 4 rings (SSSR count). The number of carbonyl (C=O) groups excluding carboxylic acids is 1. The van der Waals surface area contributed by atoms with Crippen LogP contribution >= 0.6 is 0 Å². The number of ether oxygens (including phenoxy) is 2. The molecule has 7 nitrogen and oxygen atoms in total. The van der Waals surface area contributed by atoms with Crippen LogP contribution in [0.4, 0.5) is 0 Å². The van der Waals surface area contributed by atoms with Gasteiger partial charge in [0, 0.05) is 50.6 Å². The number of hydrogen-bond donors (Lipinski definition) is 0. The van der Waals surface area contributed by atoms with E-state index in [2.05, 4.69) is 10.00 Å². The highest BCUT2D eigenvalue weighted by Gasteiger charge is 2.42. The van der Waals surface area contributed by atoms with Crippen LogP contribution in [0.2, 0.25) is 0 Å². The molecule has 0 radical (unpaired) electrons. The van der Waals surface area contributed by atoms with Crippen LogP contribution in [0, 0.1) is 0 Å². The summed E-state index contributed by atoms with van der Waals surface area (Å²) >= 11 is 0. The molecule has 0 unspecified atom stereocenters. The summed E-state index contributed by atoms with van der Waals surface area (Å²) in [4.78, 5) is 17.2. The number of aryl methyl sites for hydroxylation is 1. The first-order valence-corrected chi connectivity index (χ1v) is 8.90. The number of fused-ring (bicyclic) bond motifs is 1. The molecule has 26 heavy (non-hydrogen) atoms. The van der Waals surface area contributed by atoms with E-state index < -0.39 is 0 Å². The fourth-order valence-corrected chi connectivity index (χ4v) is 3.85. The zero-order chi connectivity index (χ0) is 18.1. The summed E-state index contributed by atoms with van der Waals surface area (Å²) in [6.07, 6.45) is 4.01. The molecule has 1 amide bonds. The van der Waals surface area contributed by atoms with Crippen LogP contribution < -0.4 is 4.74 Å². The van der Waals surface area contributed by atoms with E-state index in [0.717, 1.165) is 13.1 Å². The Morgan fingerprint density at radius 2 is 2.27 bits per heavy atom. The van der Waals surface area contributed by atoms with Crippen molar-refractivity contribution in [3.63, 3.8) is 0 Å².